The molecule has 0 heteroatoms. The first-order valence-electron chi connectivity index (χ1n) is 10.4. The summed E-state index contributed by atoms with van der Waals surface area (Å²) in [6, 6.07) is 26.5. The molecule has 1 saturated carbocycles. The predicted molar refractivity (Wildman–Crippen MR) is 116 cm³/mol. The van der Waals surface area contributed by atoms with Gasteiger partial charge in [-0.3, -0.25) is 0 Å². The lowest BCUT2D eigenvalue weighted by Crippen LogP contribution is -2.08. The van der Waals surface area contributed by atoms with E-state index in [2.05, 4.69) is 78.9 Å². The number of rotatable bonds is 3. The fraction of sp³-hybridized carbons (Fsp3) is 0.259. The molecule has 0 aliphatic heterocycles. The summed E-state index contributed by atoms with van der Waals surface area (Å²) in [6.45, 7) is 0. The Hall–Kier alpha value is -2.60. The Morgan fingerprint density at radius 2 is 1.30 bits per heavy atom. The van der Waals surface area contributed by atoms with Crippen LogP contribution < -0.4 is 0 Å². The van der Waals surface area contributed by atoms with Crippen molar-refractivity contribution in [3.8, 4) is 22.3 Å². The third-order valence-electron chi connectivity index (χ3n) is 6.35. The Bertz CT molecular complexity index is 955. The number of hydrogen-bond donors (Lipinski definition) is 0. The summed E-state index contributed by atoms with van der Waals surface area (Å²) in [5, 5.41) is 0. The van der Waals surface area contributed by atoms with E-state index in [9.17, 15) is 0 Å². The van der Waals surface area contributed by atoms with Crippen molar-refractivity contribution in [1.82, 2.24) is 0 Å². The van der Waals surface area contributed by atoms with Gasteiger partial charge in [0.2, 0.25) is 0 Å². The Morgan fingerprint density at radius 3 is 2.07 bits per heavy atom. The van der Waals surface area contributed by atoms with Gasteiger partial charge >= 0.3 is 0 Å². The minimum atomic E-state index is 0.819. The quantitative estimate of drug-likeness (QED) is 0.457. The number of allylic oxidation sites excluding steroid dienone is 1. The molecule has 0 radical (unpaired) electrons. The van der Waals surface area contributed by atoms with Crippen LogP contribution in [0.15, 0.2) is 78.4 Å². The normalized spacial score (nSPS) is 16.8. The smallest absolute Gasteiger partial charge is 0.00548 e. The predicted octanol–water partition coefficient (Wildman–Crippen LogP) is 7.54. The standard InChI is InChI=1S/C27H26/c1-3-8-20(9-4-1)22-14-16-23(17-15-22)26-13-7-12-24-18-25(19-27(24)26)21-10-5-2-6-11-21/h1,3-4,7-9,12-17,19,21H,2,5-6,10-11,18H2. The molecule has 134 valence electrons. The van der Waals surface area contributed by atoms with Crippen molar-refractivity contribution in [1.29, 1.82) is 0 Å². The van der Waals surface area contributed by atoms with Gasteiger partial charge in [-0.25, -0.2) is 0 Å². The van der Waals surface area contributed by atoms with Gasteiger partial charge in [0.15, 0.2) is 0 Å². The molecular weight excluding hydrogens is 324 g/mol. The third kappa shape index (κ3) is 3.25. The molecule has 5 rings (SSSR count). The van der Waals surface area contributed by atoms with Crippen LogP contribution in [0.2, 0.25) is 0 Å². The first kappa shape index (κ1) is 16.6. The summed E-state index contributed by atoms with van der Waals surface area (Å²) in [6.07, 6.45) is 10.7. The van der Waals surface area contributed by atoms with E-state index in [0.29, 0.717) is 0 Å². The maximum Gasteiger partial charge on any atom is -0.00548 e. The van der Waals surface area contributed by atoms with Crippen molar-refractivity contribution in [2.45, 2.75) is 38.5 Å². The van der Waals surface area contributed by atoms with Crippen molar-refractivity contribution in [3.05, 3.63) is 89.5 Å². The van der Waals surface area contributed by atoms with Crippen LogP contribution in [0.4, 0.5) is 0 Å². The van der Waals surface area contributed by atoms with Crippen molar-refractivity contribution in [3.63, 3.8) is 0 Å². The molecule has 27 heavy (non-hydrogen) atoms. The van der Waals surface area contributed by atoms with E-state index in [1.807, 2.05) is 0 Å². The maximum atomic E-state index is 2.52. The highest BCUT2D eigenvalue weighted by Crippen LogP contribution is 2.40. The first-order valence-corrected chi connectivity index (χ1v) is 10.4. The van der Waals surface area contributed by atoms with E-state index in [0.717, 1.165) is 12.3 Å². The molecule has 1 fully saturated rings. The second kappa shape index (κ2) is 7.19. The van der Waals surface area contributed by atoms with Crippen LogP contribution in [0.3, 0.4) is 0 Å². The van der Waals surface area contributed by atoms with Gasteiger partial charge in [-0.05, 0) is 58.6 Å². The number of hydrogen-bond acceptors (Lipinski definition) is 0. The van der Waals surface area contributed by atoms with Gasteiger partial charge in [0.1, 0.15) is 0 Å². The van der Waals surface area contributed by atoms with Crippen LogP contribution in [-0.4, -0.2) is 0 Å². The molecule has 2 aliphatic carbocycles. The van der Waals surface area contributed by atoms with E-state index in [1.165, 1.54) is 65.5 Å². The molecule has 3 aromatic rings. The lowest BCUT2D eigenvalue weighted by atomic mass is 9.83. The van der Waals surface area contributed by atoms with Gasteiger partial charge in [-0.1, -0.05) is 104 Å². The Kier molecular flexibility index (Phi) is 4.41. The number of fused-ring (bicyclic) bond motifs is 1. The van der Waals surface area contributed by atoms with E-state index in [-0.39, 0.29) is 0 Å². The zero-order valence-electron chi connectivity index (χ0n) is 15.8. The fourth-order valence-corrected chi connectivity index (χ4v) is 4.85. The molecular formula is C27H26. The molecule has 0 amide bonds. The topological polar surface area (TPSA) is 0 Å². The Labute approximate surface area is 162 Å². The van der Waals surface area contributed by atoms with Gasteiger partial charge in [-0.15, -0.1) is 0 Å². The zero-order valence-corrected chi connectivity index (χ0v) is 15.8. The molecule has 0 N–H and O–H groups in total. The summed E-state index contributed by atoms with van der Waals surface area (Å²) in [7, 11) is 0. The molecule has 0 aromatic heterocycles. The maximum absolute atomic E-state index is 2.52. The van der Waals surface area contributed by atoms with Crippen LogP contribution in [0.25, 0.3) is 28.3 Å². The zero-order chi connectivity index (χ0) is 18.1. The molecule has 0 heterocycles. The Balaban J connectivity index is 1.47. The van der Waals surface area contributed by atoms with Gasteiger partial charge in [0.25, 0.3) is 0 Å². The SMILES string of the molecule is C1=C(C2CCCCC2)Cc2cccc(-c3ccc(-c4ccccc4)cc3)c21. The van der Waals surface area contributed by atoms with Crippen LogP contribution >= 0.6 is 0 Å². The van der Waals surface area contributed by atoms with E-state index < -0.39 is 0 Å². The monoisotopic (exact) mass is 350 g/mol. The largest absolute Gasteiger partial charge is 0.0622 e. The molecule has 3 aromatic carbocycles. The second-order valence-corrected chi connectivity index (χ2v) is 8.05. The lowest BCUT2D eigenvalue weighted by molar-refractivity contribution is 0.401. The Morgan fingerprint density at radius 1 is 0.593 bits per heavy atom. The number of benzene rings is 3. The molecule has 0 saturated heterocycles. The highest BCUT2D eigenvalue weighted by molar-refractivity contribution is 5.82. The highest BCUT2D eigenvalue weighted by Gasteiger charge is 2.24. The molecule has 0 unspecified atom stereocenters. The van der Waals surface area contributed by atoms with E-state index in [1.54, 1.807) is 5.57 Å². The average Bonchev–Trinajstić information content (AvgIpc) is 3.20. The minimum Gasteiger partial charge on any atom is -0.0622 e. The summed E-state index contributed by atoms with van der Waals surface area (Å²) >= 11 is 0. The lowest BCUT2D eigenvalue weighted by Gasteiger charge is -2.22. The molecule has 0 nitrogen and oxygen atoms in total. The van der Waals surface area contributed by atoms with E-state index in [4.69, 9.17) is 0 Å². The van der Waals surface area contributed by atoms with Crippen molar-refractivity contribution >= 4 is 6.08 Å². The van der Waals surface area contributed by atoms with Gasteiger partial charge in [0, 0.05) is 0 Å². The summed E-state index contributed by atoms with van der Waals surface area (Å²) < 4.78 is 0. The van der Waals surface area contributed by atoms with Gasteiger partial charge in [-0.2, -0.15) is 0 Å². The van der Waals surface area contributed by atoms with Crippen LogP contribution in [0.1, 0.15) is 43.2 Å². The summed E-state index contributed by atoms with van der Waals surface area (Å²) in [5.74, 6) is 0.819. The average molecular weight is 351 g/mol. The van der Waals surface area contributed by atoms with Crippen molar-refractivity contribution in [2.75, 3.05) is 0 Å². The summed E-state index contributed by atoms with van der Waals surface area (Å²) in [5.41, 5.74) is 9.93. The highest BCUT2D eigenvalue weighted by atomic mass is 14.3. The molecule has 2 aliphatic rings. The van der Waals surface area contributed by atoms with Crippen LogP contribution in [0, 0.1) is 5.92 Å². The molecule has 0 bridgehead atoms. The first-order chi connectivity index (χ1) is 13.4. The van der Waals surface area contributed by atoms with Gasteiger partial charge in [0.05, 0.1) is 0 Å². The fourth-order valence-electron chi connectivity index (χ4n) is 4.85. The second-order valence-electron chi connectivity index (χ2n) is 8.05. The van der Waals surface area contributed by atoms with Crippen molar-refractivity contribution in [2.24, 2.45) is 5.92 Å². The van der Waals surface area contributed by atoms with Gasteiger partial charge < -0.3 is 0 Å². The summed E-state index contributed by atoms with van der Waals surface area (Å²) in [4.78, 5) is 0. The minimum absolute atomic E-state index is 0.819. The van der Waals surface area contributed by atoms with Crippen LogP contribution in [-0.2, 0) is 6.42 Å². The van der Waals surface area contributed by atoms with E-state index >= 15 is 0 Å². The van der Waals surface area contributed by atoms with Crippen LogP contribution in [0.5, 0.6) is 0 Å². The third-order valence-corrected chi connectivity index (χ3v) is 6.35. The molecule has 0 spiro atoms. The van der Waals surface area contributed by atoms with Crippen molar-refractivity contribution < 1.29 is 0 Å². The molecule has 0 atom stereocenters.